The Balaban J connectivity index is 2.66. The minimum Gasteiger partial charge on any atom is -0.413 e. The van der Waals surface area contributed by atoms with E-state index in [9.17, 15) is 4.79 Å². The van der Waals surface area contributed by atoms with Crippen molar-refractivity contribution in [3.8, 4) is 0 Å². The normalized spacial score (nSPS) is 30.6. The molecule has 0 aromatic carbocycles. The van der Waals surface area contributed by atoms with Crippen LogP contribution in [0.3, 0.4) is 0 Å². The Hall–Kier alpha value is -0.393. The van der Waals surface area contributed by atoms with E-state index in [-0.39, 0.29) is 17.0 Å². The van der Waals surface area contributed by atoms with Gasteiger partial charge in [-0.1, -0.05) is 20.8 Å². The molecule has 5 heteroatoms. The topological polar surface area (TPSA) is 64.3 Å². The largest absolute Gasteiger partial charge is 0.413 e. The summed E-state index contributed by atoms with van der Waals surface area (Å²) in [5.41, 5.74) is 4.79. The summed E-state index contributed by atoms with van der Waals surface area (Å²) in [6.07, 6.45) is 0.780. The van der Waals surface area contributed by atoms with Crippen LogP contribution >= 0.6 is 0 Å². The van der Waals surface area contributed by atoms with Crippen LogP contribution in [-0.4, -0.2) is 32.4 Å². The third-order valence-electron chi connectivity index (χ3n) is 4.17. The van der Waals surface area contributed by atoms with Gasteiger partial charge in [0.2, 0.25) is 5.91 Å². The zero-order chi connectivity index (χ0) is 13.5. The first-order valence-electron chi connectivity index (χ1n) is 6.21. The van der Waals surface area contributed by atoms with Gasteiger partial charge in [-0.3, -0.25) is 4.79 Å². The number of nitrogens with two attached hydrogens (primary N) is 1. The number of hydrogen-bond acceptors (Lipinski definition) is 3. The van der Waals surface area contributed by atoms with Crippen molar-refractivity contribution in [1.29, 1.82) is 0 Å². The Morgan fingerprint density at radius 3 is 2.35 bits per heavy atom. The van der Waals surface area contributed by atoms with E-state index in [1.165, 1.54) is 0 Å². The summed E-state index contributed by atoms with van der Waals surface area (Å²) in [5.74, 6) is -0.293. The zero-order valence-electron chi connectivity index (χ0n) is 11.9. The summed E-state index contributed by atoms with van der Waals surface area (Å²) in [6, 6.07) is 0. The summed E-state index contributed by atoms with van der Waals surface area (Å²) in [6.45, 7) is 13.7. The fourth-order valence-corrected chi connectivity index (χ4v) is 3.16. The highest BCUT2D eigenvalue weighted by Gasteiger charge is 2.45. The van der Waals surface area contributed by atoms with Gasteiger partial charge < -0.3 is 15.5 Å². The Morgan fingerprint density at radius 2 is 2.00 bits per heavy atom. The van der Waals surface area contributed by atoms with Gasteiger partial charge in [-0.2, -0.15) is 0 Å². The van der Waals surface area contributed by atoms with Gasteiger partial charge in [0.15, 0.2) is 8.32 Å². The molecule has 0 unspecified atom stereocenters. The molecule has 3 N–H and O–H groups in total. The Labute approximate surface area is 105 Å². The fourth-order valence-electron chi connectivity index (χ4n) is 1.80. The van der Waals surface area contributed by atoms with E-state index in [1.807, 2.05) is 6.92 Å². The molecule has 4 nitrogen and oxygen atoms in total. The predicted octanol–water partition coefficient (Wildman–Crippen LogP) is 1.61. The molecule has 17 heavy (non-hydrogen) atoms. The number of nitrogens with one attached hydrogen (secondary N) is 1. The SMILES string of the molecule is CC(C)(C)[Si](C)(C)O[C@@H]1CN[C@@](C)(C(N)=O)C1. The average Bonchev–Trinajstić information content (AvgIpc) is 2.46. The molecule has 0 bridgehead atoms. The molecular formula is C12H26N2O2Si. The molecule has 2 atom stereocenters. The number of hydrogen-bond donors (Lipinski definition) is 2. The van der Waals surface area contributed by atoms with E-state index in [4.69, 9.17) is 10.2 Å². The molecule has 0 radical (unpaired) electrons. The summed E-state index contributed by atoms with van der Waals surface area (Å²) in [7, 11) is -1.76. The summed E-state index contributed by atoms with van der Waals surface area (Å²) in [5, 5.41) is 3.37. The van der Waals surface area contributed by atoms with Gasteiger partial charge in [-0.25, -0.2) is 0 Å². The molecule has 0 saturated carbocycles. The minimum absolute atomic E-state index is 0.105. The Kier molecular flexibility index (Phi) is 3.77. The summed E-state index contributed by atoms with van der Waals surface area (Å²) >= 11 is 0. The second-order valence-electron chi connectivity index (χ2n) is 6.78. The fraction of sp³-hybridized carbons (Fsp3) is 0.917. The number of carbonyl (C=O) groups excluding carboxylic acids is 1. The average molecular weight is 258 g/mol. The van der Waals surface area contributed by atoms with Crippen LogP contribution in [0.2, 0.25) is 18.1 Å². The van der Waals surface area contributed by atoms with Crippen LogP contribution < -0.4 is 11.1 Å². The first kappa shape index (κ1) is 14.7. The molecule has 1 aliphatic heterocycles. The van der Waals surface area contributed by atoms with Crippen molar-refractivity contribution >= 4 is 14.2 Å². The molecule has 1 rings (SSSR count). The lowest BCUT2D eigenvalue weighted by Gasteiger charge is -2.38. The lowest BCUT2D eigenvalue weighted by Crippen LogP contribution is -2.48. The van der Waals surface area contributed by atoms with E-state index < -0.39 is 13.9 Å². The van der Waals surface area contributed by atoms with Crippen molar-refractivity contribution in [2.75, 3.05) is 6.54 Å². The molecule has 1 aliphatic rings. The van der Waals surface area contributed by atoms with Crippen LogP contribution in [0.4, 0.5) is 0 Å². The third-order valence-corrected chi connectivity index (χ3v) is 8.70. The van der Waals surface area contributed by atoms with Crippen molar-refractivity contribution in [1.82, 2.24) is 5.32 Å². The van der Waals surface area contributed by atoms with Crippen molar-refractivity contribution in [3.05, 3.63) is 0 Å². The lowest BCUT2D eigenvalue weighted by atomic mass is 9.99. The van der Waals surface area contributed by atoms with Crippen LogP contribution in [0.25, 0.3) is 0 Å². The zero-order valence-corrected chi connectivity index (χ0v) is 12.9. The summed E-state index contributed by atoms with van der Waals surface area (Å²) < 4.78 is 6.28. The van der Waals surface area contributed by atoms with Crippen LogP contribution in [0, 0.1) is 0 Å². The maximum Gasteiger partial charge on any atom is 0.237 e. The first-order chi connectivity index (χ1) is 7.48. The van der Waals surface area contributed by atoms with Gasteiger partial charge in [0.25, 0.3) is 0 Å². The van der Waals surface area contributed by atoms with E-state index >= 15 is 0 Å². The van der Waals surface area contributed by atoms with Crippen LogP contribution in [0.5, 0.6) is 0 Å². The molecule has 1 heterocycles. The molecule has 0 aliphatic carbocycles. The van der Waals surface area contributed by atoms with Crippen LogP contribution in [0.15, 0.2) is 0 Å². The molecule has 1 saturated heterocycles. The van der Waals surface area contributed by atoms with Gasteiger partial charge in [-0.15, -0.1) is 0 Å². The molecule has 0 aromatic heterocycles. The van der Waals surface area contributed by atoms with Crippen molar-refractivity contribution in [3.63, 3.8) is 0 Å². The van der Waals surface area contributed by atoms with Gasteiger partial charge in [-0.05, 0) is 25.1 Å². The quantitative estimate of drug-likeness (QED) is 0.756. The summed E-state index contributed by atoms with van der Waals surface area (Å²) in [4.78, 5) is 11.3. The first-order valence-corrected chi connectivity index (χ1v) is 9.11. The van der Waals surface area contributed by atoms with Crippen molar-refractivity contribution < 1.29 is 9.22 Å². The highest BCUT2D eigenvalue weighted by atomic mass is 28.4. The number of primary amides is 1. The van der Waals surface area contributed by atoms with E-state index in [2.05, 4.69) is 39.2 Å². The van der Waals surface area contributed by atoms with Crippen LogP contribution in [0.1, 0.15) is 34.1 Å². The lowest BCUT2D eigenvalue weighted by molar-refractivity contribution is -0.123. The second-order valence-corrected chi connectivity index (χ2v) is 11.5. The van der Waals surface area contributed by atoms with Gasteiger partial charge in [0.05, 0.1) is 11.6 Å². The Bertz CT molecular complexity index is 312. The molecular weight excluding hydrogens is 232 g/mol. The molecule has 100 valence electrons. The van der Waals surface area contributed by atoms with Crippen molar-refractivity contribution in [2.24, 2.45) is 5.73 Å². The van der Waals surface area contributed by atoms with Gasteiger partial charge in [0, 0.05) is 13.0 Å². The minimum atomic E-state index is -1.76. The van der Waals surface area contributed by atoms with Gasteiger partial charge >= 0.3 is 0 Å². The monoisotopic (exact) mass is 258 g/mol. The van der Waals surface area contributed by atoms with E-state index in [0.717, 1.165) is 0 Å². The number of rotatable bonds is 3. The molecule has 0 spiro atoms. The Morgan fingerprint density at radius 1 is 1.47 bits per heavy atom. The molecule has 1 amide bonds. The number of carbonyl (C=O) groups is 1. The maximum absolute atomic E-state index is 11.3. The predicted molar refractivity (Wildman–Crippen MR) is 72.3 cm³/mol. The van der Waals surface area contributed by atoms with Crippen LogP contribution in [-0.2, 0) is 9.22 Å². The van der Waals surface area contributed by atoms with E-state index in [1.54, 1.807) is 0 Å². The second kappa shape index (κ2) is 4.37. The third kappa shape index (κ3) is 3.08. The number of amides is 1. The van der Waals surface area contributed by atoms with E-state index in [0.29, 0.717) is 13.0 Å². The maximum atomic E-state index is 11.3. The van der Waals surface area contributed by atoms with Gasteiger partial charge in [0.1, 0.15) is 0 Å². The standard InChI is InChI=1S/C12H26N2O2Si/c1-11(2,3)17(5,6)16-9-7-12(4,10(13)15)14-8-9/h9,14H,7-8H2,1-6H3,(H2,13,15)/t9-,12+/m0/s1. The smallest absolute Gasteiger partial charge is 0.237 e. The molecule has 1 fully saturated rings. The molecule has 0 aromatic rings. The highest BCUT2D eigenvalue weighted by Crippen LogP contribution is 2.38. The van der Waals surface area contributed by atoms with Crippen molar-refractivity contribution in [2.45, 2.75) is 63.9 Å². The highest BCUT2D eigenvalue weighted by molar-refractivity contribution is 6.74.